The van der Waals surface area contributed by atoms with Crippen LogP contribution in [0.1, 0.15) is 12.5 Å². The van der Waals surface area contributed by atoms with Crippen LogP contribution in [0.4, 0.5) is 0 Å². The molecule has 106 valence electrons. The van der Waals surface area contributed by atoms with Crippen molar-refractivity contribution in [1.82, 2.24) is 0 Å². The maximum absolute atomic E-state index is 12.4. The predicted octanol–water partition coefficient (Wildman–Crippen LogP) is 4.33. The fourth-order valence-electron chi connectivity index (χ4n) is 2.47. The van der Waals surface area contributed by atoms with Gasteiger partial charge in [-0.1, -0.05) is 72.5 Å². The number of hydrogen-bond donors (Lipinski definition) is 0. The van der Waals surface area contributed by atoms with Gasteiger partial charge >= 0.3 is 5.97 Å². The van der Waals surface area contributed by atoms with Crippen molar-refractivity contribution in [2.75, 3.05) is 6.61 Å². The molecule has 0 N–H and O–H groups in total. The highest BCUT2D eigenvalue weighted by atomic mass is 32.2. The van der Waals surface area contributed by atoms with Crippen molar-refractivity contribution in [1.29, 1.82) is 0 Å². The van der Waals surface area contributed by atoms with E-state index in [-0.39, 0.29) is 11.9 Å². The maximum atomic E-state index is 12.4. The van der Waals surface area contributed by atoms with Crippen LogP contribution in [-0.4, -0.2) is 12.6 Å². The average Bonchev–Trinajstić information content (AvgIpc) is 2.72. The number of allylic oxidation sites excluding steroid dienone is 6. The molecule has 2 aliphatic rings. The van der Waals surface area contributed by atoms with Crippen LogP contribution in [0.3, 0.4) is 0 Å². The number of carbonyl (C=O) groups is 1. The van der Waals surface area contributed by atoms with Crippen LogP contribution in [0.2, 0.25) is 0 Å². The normalized spacial score (nSPS) is 20.0. The Bertz CT molecular complexity index is 666. The molecule has 1 heterocycles. The van der Waals surface area contributed by atoms with E-state index in [4.69, 9.17) is 4.74 Å². The van der Waals surface area contributed by atoms with Gasteiger partial charge in [-0.15, -0.1) is 0 Å². The second-order valence-corrected chi connectivity index (χ2v) is 5.83. The van der Waals surface area contributed by atoms with Gasteiger partial charge in [0.15, 0.2) is 0 Å². The highest BCUT2D eigenvalue weighted by Gasteiger charge is 2.35. The lowest BCUT2D eigenvalue weighted by Gasteiger charge is -2.10. The second-order valence-electron chi connectivity index (χ2n) is 4.75. The van der Waals surface area contributed by atoms with Gasteiger partial charge < -0.3 is 4.74 Å². The van der Waals surface area contributed by atoms with E-state index in [0.717, 1.165) is 16.0 Å². The number of carbonyl (C=O) groups excluding carboxylic acids is 1. The van der Waals surface area contributed by atoms with Gasteiger partial charge in [-0.25, -0.2) is 4.79 Å². The zero-order valence-corrected chi connectivity index (χ0v) is 12.6. The summed E-state index contributed by atoms with van der Waals surface area (Å²) in [6.45, 7) is 2.23. The Morgan fingerprint density at radius 2 is 2.00 bits per heavy atom. The van der Waals surface area contributed by atoms with Crippen LogP contribution in [0.15, 0.2) is 71.2 Å². The Morgan fingerprint density at radius 1 is 1.19 bits per heavy atom. The fourth-order valence-corrected chi connectivity index (χ4v) is 3.75. The average molecular weight is 296 g/mol. The van der Waals surface area contributed by atoms with E-state index in [1.54, 1.807) is 11.8 Å². The summed E-state index contributed by atoms with van der Waals surface area (Å²) >= 11 is 1.66. The lowest BCUT2D eigenvalue weighted by Crippen LogP contribution is -2.13. The van der Waals surface area contributed by atoms with Crippen LogP contribution in [0, 0.1) is 5.92 Å². The van der Waals surface area contributed by atoms with E-state index in [1.807, 2.05) is 55.5 Å². The summed E-state index contributed by atoms with van der Waals surface area (Å²) in [6.07, 6.45) is 10.1. The first-order chi connectivity index (χ1) is 10.3. The molecule has 0 aromatic heterocycles. The molecule has 1 aromatic carbocycles. The number of benzene rings is 1. The van der Waals surface area contributed by atoms with E-state index >= 15 is 0 Å². The SMILES string of the molecule is CCOC(=O)C1=C(c2ccccc2)SC2=CC=CC=CC21. The molecule has 1 atom stereocenters. The van der Waals surface area contributed by atoms with Crippen molar-refractivity contribution >= 4 is 22.6 Å². The van der Waals surface area contributed by atoms with E-state index in [1.165, 1.54) is 4.91 Å². The smallest absolute Gasteiger partial charge is 0.336 e. The summed E-state index contributed by atoms with van der Waals surface area (Å²) in [5.74, 6) is -0.219. The number of thioether (sulfide) groups is 1. The highest BCUT2D eigenvalue weighted by Crippen LogP contribution is 2.51. The van der Waals surface area contributed by atoms with Crippen molar-refractivity contribution in [2.24, 2.45) is 5.92 Å². The number of ether oxygens (including phenoxy) is 1. The summed E-state index contributed by atoms with van der Waals surface area (Å²) in [4.78, 5) is 14.6. The minimum absolute atomic E-state index is 0.000689. The van der Waals surface area contributed by atoms with Gasteiger partial charge in [0.25, 0.3) is 0 Å². The third-order valence-electron chi connectivity index (χ3n) is 3.40. The van der Waals surface area contributed by atoms with E-state index in [9.17, 15) is 4.79 Å². The Kier molecular flexibility index (Phi) is 4.11. The Hall–Kier alpha value is -2.00. The highest BCUT2D eigenvalue weighted by molar-refractivity contribution is 8.12. The first-order valence-corrected chi connectivity index (χ1v) is 7.82. The van der Waals surface area contributed by atoms with Crippen molar-refractivity contribution in [3.05, 3.63) is 76.8 Å². The van der Waals surface area contributed by atoms with Gasteiger partial charge in [0.05, 0.1) is 12.2 Å². The van der Waals surface area contributed by atoms with Gasteiger partial charge in [0.2, 0.25) is 0 Å². The molecule has 3 rings (SSSR count). The molecule has 3 heteroatoms. The molecule has 21 heavy (non-hydrogen) atoms. The fraction of sp³-hybridized carbons (Fsp3) is 0.167. The van der Waals surface area contributed by atoms with E-state index in [0.29, 0.717) is 6.61 Å². The largest absolute Gasteiger partial charge is 0.463 e. The summed E-state index contributed by atoms with van der Waals surface area (Å²) < 4.78 is 5.28. The van der Waals surface area contributed by atoms with E-state index in [2.05, 4.69) is 12.2 Å². The van der Waals surface area contributed by atoms with Crippen LogP contribution >= 0.6 is 11.8 Å². The summed E-state index contributed by atoms with van der Waals surface area (Å²) in [5, 5.41) is 0. The molecule has 0 spiro atoms. The van der Waals surface area contributed by atoms with Crippen LogP contribution in [0.25, 0.3) is 4.91 Å². The molecule has 0 saturated heterocycles. The molecule has 0 fully saturated rings. The van der Waals surface area contributed by atoms with Crippen LogP contribution in [-0.2, 0) is 9.53 Å². The minimum Gasteiger partial charge on any atom is -0.463 e. The minimum atomic E-state index is -0.219. The van der Waals surface area contributed by atoms with Gasteiger partial charge in [-0.2, -0.15) is 0 Å². The van der Waals surface area contributed by atoms with Crippen LogP contribution in [0.5, 0.6) is 0 Å². The molecular formula is C18H16O2S. The van der Waals surface area contributed by atoms with Crippen molar-refractivity contribution < 1.29 is 9.53 Å². The van der Waals surface area contributed by atoms with Crippen molar-refractivity contribution in [2.45, 2.75) is 6.92 Å². The standard InChI is InChI=1S/C18H16O2S/c1-2-20-18(19)16-14-11-7-4-8-12-15(14)21-17(16)13-9-5-3-6-10-13/h3-12,14H,2H2,1H3. The van der Waals surface area contributed by atoms with Crippen LogP contribution < -0.4 is 0 Å². The number of rotatable bonds is 3. The number of fused-ring (bicyclic) bond motifs is 1. The van der Waals surface area contributed by atoms with Gasteiger partial charge in [-0.05, 0) is 12.5 Å². The first-order valence-electron chi connectivity index (χ1n) is 7.01. The lowest BCUT2D eigenvalue weighted by atomic mass is 9.96. The molecule has 0 radical (unpaired) electrons. The molecule has 1 aliphatic heterocycles. The molecular weight excluding hydrogens is 280 g/mol. The molecule has 2 nitrogen and oxygen atoms in total. The van der Waals surface area contributed by atoms with Gasteiger partial charge in [0.1, 0.15) is 0 Å². The summed E-state index contributed by atoms with van der Waals surface area (Å²) in [6, 6.07) is 10.0. The summed E-state index contributed by atoms with van der Waals surface area (Å²) in [7, 11) is 0. The maximum Gasteiger partial charge on any atom is 0.336 e. The van der Waals surface area contributed by atoms with Crippen molar-refractivity contribution in [3.8, 4) is 0 Å². The Labute approximate surface area is 128 Å². The molecule has 1 aromatic rings. The predicted molar refractivity (Wildman–Crippen MR) is 87.4 cm³/mol. The lowest BCUT2D eigenvalue weighted by molar-refractivity contribution is -0.138. The summed E-state index contributed by atoms with van der Waals surface area (Å²) in [5.41, 5.74) is 1.82. The topological polar surface area (TPSA) is 26.3 Å². The zero-order chi connectivity index (χ0) is 14.7. The number of hydrogen-bond acceptors (Lipinski definition) is 3. The third-order valence-corrected chi connectivity index (χ3v) is 4.69. The van der Waals surface area contributed by atoms with E-state index < -0.39 is 0 Å². The monoisotopic (exact) mass is 296 g/mol. The van der Waals surface area contributed by atoms with Gasteiger partial charge in [-0.3, -0.25) is 0 Å². The zero-order valence-electron chi connectivity index (χ0n) is 11.8. The van der Waals surface area contributed by atoms with Gasteiger partial charge in [0, 0.05) is 15.7 Å². The molecule has 0 saturated carbocycles. The molecule has 0 amide bonds. The third kappa shape index (κ3) is 2.74. The van der Waals surface area contributed by atoms with Crippen molar-refractivity contribution in [3.63, 3.8) is 0 Å². The molecule has 0 bridgehead atoms. The molecule has 1 unspecified atom stereocenters. The Morgan fingerprint density at radius 3 is 2.76 bits per heavy atom. The second kappa shape index (κ2) is 6.19. The molecule has 1 aliphatic carbocycles. The Balaban J connectivity index is 2.09. The number of esters is 1. The first kappa shape index (κ1) is 14.0. The quantitative estimate of drug-likeness (QED) is 0.776.